The number of nitriles is 1. The van der Waals surface area contributed by atoms with Gasteiger partial charge < -0.3 is 9.80 Å². The number of carbonyl (C=O) groups excluding carboxylic acids is 1. The standard InChI is InChI=1S/C27H33N7O/c1-17-14-33(18(2)13-32(17)23(35)11-27(3,4)5)25-24-21(20-6-7-20)15-34(26(24)31-16-30-25)22-10-19(12-28)8-9-29-22/h8-10,15-18,20H,6-7,11,13-14H2,1-5H3/t17-,18+/m1/s1. The van der Waals surface area contributed by atoms with Crippen LogP contribution in [0.1, 0.15) is 70.9 Å². The molecule has 35 heavy (non-hydrogen) atoms. The minimum absolute atomic E-state index is 0.0328. The molecule has 1 amide bonds. The quantitative estimate of drug-likeness (QED) is 0.559. The fourth-order valence-corrected chi connectivity index (χ4v) is 5.11. The van der Waals surface area contributed by atoms with Crippen LogP contribution >= 0.6 is 0 Å². The first-order valence-electron chi connectivity index (χ1n) is 12.4. The van der Waals surface area contributed by atoms with E-state index in [1.807, 2.05) is 9.47 Å². The van der Waals surface area contributed by atoms with Crippen LogP contribution < -0.4 is 4.90 Å². The van der Waals surface area contributed by atoms with Crippen LogP contribution in [0.2, 0.25) is 0 Å². The summed E-state index contributed by atoms with van der Waals surface area (Å²) in [7, 11) is 0. The third-order valence-electron chi connectivity index (χ3n) is 6.99. The smallest absolute Gasteiger partial charge is 0.223 e. The van der Waals surface area contributed by atoms with Crippen LogP contribution in [0.4, 0.5) is 5.82 Å². The number of hydrogen-bond donors (Lipinski definition) is 0. The van der Waals surface area contributed by atoms with E-state index in [2.05, 4.69) is 61.8 Å². The first-order valence-corrected chi connectivity index (χ1v) is 12.4. The number of pyridine rings is 1. The average Bonchev–Trinajstić information content (AvgIpc) is 3.58. The first kappa shape index (κ1) is 23.3. The van der Waals surface area contributed by atoms with Crippen molar-refractivity contribution in [3.8, 4) is 11.9 Å². The van der Waals surface area contributed by atoms with Gasteiger partial charge in [-0.05, 0) is 55.7 Å². The number of hydrogen-bond acceptors (Lipinski definition) is 6. The molecule has 1 aliphatic heterocycles. The third kappa shape index (κ3) is 4.47. The minimum Gasteiger partial charge on any atom is -0.349 e. The molecule has 0 radical (unpaired) electrons. The molecule has 182 valence electrons. The molecule has 0 aromatic carbocycles. The van der Waals surface area contributed by atoms with Crippen LogP contribution in [-0.4, -0.2) is 55.5 Å². The highest BCUT2D eigenvalue weighted by Crippen LogP contribution is 2.46. The first-order chi connectivity index (χ1) is 16.7. The number of piperazine rings is 1. The highest BCUT2D eigenvalue weighted by Gasteiger charge is 2.37. The summed E-state index contributed by atoms with van der Waals surface area (Å²) in [6, 6.07) is 5.92. The van der Waals surface area contributed by atoms with E-state index in [1.165, 1.54) is 5.56 Å². The average molecular weight is 472 g/mol. The Balaban J connectivity index is 1.54. The Hall–Kier alpha value is -3.47. The predicted molar refractivity (Wildman–Crippen MR) is 135 cm³/mol. The number of nitrogens with zero attached hydrogens (tertiary/aromatic N) is 7. The largest absolute Gasteiger partial charge is 0.349 e. The van der Waals surface area contributed by atoms with E-state index >= 15 is 0 Å². The fraction of sp³-hybridized carbons (Fsp3) is 0.519. The van der Waals surface area contributed by atoms with Crippen molar-refractivity contribution in [2.75, 3.05) is 18.0 Å². The van der Waals surface area contributed by atoms with E-state index in [0.717, 1.165) is 36.2 Å². The molecule has 4 heterocycles. The molecule has 1 saturated carbocycles. The number of rotatable bonds is 4. The lowest BCUT2D eigenvalue weighted by Gasteiger charge is -2.45. The number of fused-ring (bicyclic) bond motifs is 1. The van der Waals surface area contributed by atoms with E-state index in [-0.39, 0.29) is 23.4 Å². The molecule has 0 bridgehead atoms. The van der Waals surface area contributed by atoms with Crippen molar-refractivity contribution in [1.82, 2.24) is 24.4 Å². The van der Waals surface area contributed by atoms with E-state index in [4.69, 9.17) is 4.98 Å². The van der Waals surface area contributed by atoms with Gasteiger partial charge >= 0.3 is 0 Å². The van der Waals surface area contributed by atoms with Crippen LogP contribution in [-0.2, 0) is 4.79 Å². The molecule has 3 aromatic heterocycles. The summed E-state index contributed by atoms with van der Waals surface area (Å²) in [5.41, 5.74) is 2.59. The van der Waals surface area contributed by atoms with E-state index < -0.39 is 0 Å². The second kappa shape index (κ2) is 8.63. The minimum atomic E-state index is -0.0328. The molecule has 3 aromatic rings. The third-order valence-corrected chi connectivity index (χ3v) is 6.99. The van der Waals surface area contributed by atoms with Gasteiger partial charge in [-0.3, -0.25) is 9.36 Å². The zero-order valence-corrected chi connectivity index (χ0v) is 21.2. The van der Waals surface area contributed by atoms with Gasteiger partial charge in [0, 0.05) is 44.0 Å². The molecular formula is C27H33N7O. The Morgan fingerprint density at radius 2 is 1.91 bits per heavy atom. The lowest BCUT2D eigenvalue weighted by atomic mass is 9.91. The Labute approximate surface area is 206 Å². The molecule has 1 saturated heterocycles. The van der Waals surface area contributed by atoms with Gasteiger partial charge in [0.1, 0.15) is 18.0 Å². The molecule has 1 aliphatic carbocycles. The summed E-state index contributed by atoms with van der Waals surface area (Å²) < 4.78 is 1.99. The molecule has 0 spiro atoms. The number of carbonyl (C=O) groups is 1. The maximum atomic E-state index is 13.0. The molecule has 0 unspecified atom stereocenters. The van der Waals surface area contributed by atoms with Gasteiger partial charge in [0.05, 0.1) is 17.0 Å². The van der Waals surface area contributed by atoms with E-state index in [9.17, 15) is 10.1 Å². The van der Waals surface area contributed by atoms with Crippen molar-refractivity contribution in [2.45, 2.75) is 71.9 Å². The number of anilines is 1. The van der Waals surface area contributed by atoms with E-state index in [1.54, 1.807) is 24.7 Å². The Morgan fingerprint density at radius 1 is 1.14 bits per heavy atom. The molecule has 2 fully saturated rings. The topological polar surface area (TPSA) is 90.9 Å². The second-order valence-electron chi connectivity index (χ2n) is 11.3. The van der Waals surface area contributed by atoms with Crippen LogP contribution in [0.3, 0.4) is 0 Å². The molecule has 0 N–H and O–H groups in total. The number of amides is 1. The van der Waals surface area contributed by atoms with Gasteiger partial charge in [0.15, 0.2) is 5.65 Å². The van der Waals surface area contributed by atoms with Gasteiger partial charge in [-0.25, -0.2) is 15.0 Å². The number of aromatic nitrogens is 4. The molecule has 5 rings (SSSR count). The van der Waals surface area contributed by atoms with Gasteiger partial charge in [-0.2, -0.15) is 5.26 Å². The van der Waals surface area contributed by atoms with Crippen molar-refractivity contribution in [3.05, 3.63) is 42.0 Å². The van der Waals surface area contributed by atoms with Crippen LogP contribution in [0.5, 0.6) is 0 Å². The summed E-state index contributed by atoms with van der Waals surface area (Å²) in [6.45, 7) is 12.0. The molecular weight excluding hydrogens is 438 g/mol. The maximum absolute atomic E-state index is 13.0. The molecule has 2 aliphatic rings. The van der Waals surface area contributed by atoms with Crippen LogP contribution in [0.25, 0.3) is 16.9 Å². The molecule has 2 atom stereocenters. The van der Waals surface area contributed by atoms with Gasteiger partial charge in [-0.1, -0.05) is 20.8 Å². The van der Waals surface area contributed by atoms with Gasteiger partial charge in [0.25, 0.3) is 0 Å². The van der Waals surface area contributed by atoms with Crippen molar-refractivity contribution >= 4 is 22.8 Å². The summed E-state index contributed by atoms with van der Waals surface area (Å²) >= 11 is 0. The Kier molecular flexibility index (Phi) is 5.74. The normalized spacial score (nSPS) is 20.8. The Morgan fingerprint density at radius 3 is 2.60 bits per heavy atom. The lowest BCUT2D eigenvalue weighted by Crippen LogP contribution is -2.58. The fourth-order valence-electron chi connectivity index (χ4n) is 5.11. The summed E-state index contributed by atoms with van der Waals surface area (Å²) in [4.78, 5) is 31.4. The predicted octanol–water partition coefficient (Wildman–Crippen LogP) is 4.43. The maximum Gasteiger partial charge on any atom is 0.223 e. The van der Waals surface area contributed by atoms with Crippen molar-refractivity contribution < 1.29 is 4.79 Å². The van der Waals surface area contributed by atoms with Crippen molar-refractivity contribution in [1.29, 1.82) is 5.26 Å². The highest BCUT2D eigenvalue weighted by atomic mass is 16.2. The zero-order chi connectivity index (χ0) is 24.9. The van der Waals surface area contributed by atoms with Crippen LogP contribution in [0, 0.1) is 16.7 Å². The lowest BCUT2D eigenvalue weighted by molar-refractivity contribution is -0.136. The zero-order valence-electron chi connectivity index (χ0n) is 21.2. The summed E-state index contributed by atoms with van der Waals surface area (Å²) in [6.07, 6.45) is 8.26. The molecule has 8 nitrogen and oxygen atoms in total. The van der Waals surface area contributed by atoms with Gasteiger partial charge in [0.2, 0.25) is 5.91 Å². The molecule has 8 heteroatoms. The second-order valence-corrected chi connectivity index (χ2v) is 11.3. The SMILES string of the molecule is C[C@@H]1CN(c2ncnc3c2c(C2CC2)cn3-c2cc(C#N)ccn2)[C@@H](C)CN1C(=O)CC(C)(C)C. The van der Waals surface area contributed by atoms with E-state index in [0.29, 0.717) is 30.3 Å². The van der Waals surface area contributed by atoms with Gasteiger partial charge in [-0.15, -0.1) is 0 Å². The summed E-state index contributed by atoms with van der Waals surface area (Å²) in [5, 5.41) is 10.4. The summed E-state index contributed by atoms with van der Waals surface area (Å²) in [5.74, 6) is 2.32. The monoisotopic (exact) mass is 471 g/mol. The van der Waals surface area contributed by atoms with Crippen LogP contribution in [0.15, 0.2) is 30.9 Å². The van der Waals surface area contributed by atoms with Crippen molar-refractivity contribution in [2.24, 2.45) is 5.41 Å². The Bertz CT molecular complexity index is 1310. The van der Waals surface area contributed by atoms with Crippen molar-refractivity contribution in [3.63, 3.8) is 0 Å². The highest BCUT2D eigenvalue weighted by molar-refractivity contribution is 5.93.